The first-order valence-corrected chi connectivity index (χ1v) is 8.58. The molecule has 2 N–H and O–H groups in total. The average molecular weight is 303 g/mol. The van der Waals surface area contributed by atoms with Crippen molar-refractivity contribution in [1.82, 2.24) is 14.5 Å². The van der Waals surface area contributed by atoms with Gasteiger partial charge in [-0.15, -0.1) is 0 Å². The van der Waals surface area contributed by atoms with E-state index in [4.69, 9.17) is 5.11 Å². The largest absolute Gasteiger partial charge is 0.396 e. The maximum absolute atomic E-state index is 12.3. The third kappa shape index (κ3) is 4.57. The van der Waals surface area contributed by atoms with E-state index < -0.39 is 10.0 Å². The van der Waals surface area contributed by atoms with Gasteiger partial charge in [0, 0.05) is 25.4 Å². The number of hydrogen-bond acceptors (Lipinski definition) is 4. The maximum atomic E-state index is 12.3. The lowest BCUT2D eigenvalue weighted by Crippen LogP contribution is -2.37. The van der Waals surface area contributed by atoms with Gasteiger partial charge in [0.25, 0.3) is 0 Å². The Bertz CT molecular complexity index is 495. The Morgan fingerprint density at radius 3 is 2.60 bits per heavy atom. The lowest BCUT2D eigenvalue weighted by atomic mass is 9.96. The molecule has 20 heavy (non-hydrogen) atoms. The summed E-state index contributed by atoms with van der Waals surface area (Å²) in [6.45, 7) is 6.59. The molecule has 0 aromatic carbocycles. The van der Waals surface area contributed by atoms with Gasteiger partial charge >= 0.3 is 0 Å². The number of aliphatic hydroxyl groups is 1. The normalized spacial score (nSPS) is 13.8. The molecule has 1 rings (SSSR count). The Morgan fingerprint density at radius 2 is 2.05 bits per heavy atom. The summed E-state index contributed by atoms with van der Waals surface area (Å²) >= 11 is 0. The molecule has 0 saturated heterocycles. The van der Waals surface area contributed by atoms with Gasteiger partial charge < -0.3 is 5.11 Å². The molecular formula is C13H25N3O3S. The molecule has 0 bridgehead atoms. The second-order valence-corrected chi connectivity index (χ2v) is 6.72. The topological polar surface area (TPSA) is 84.2 Å². The third-order valence-electron chi connectivity index (χ3n) is 3.56. The van der Waals surface area contributed by atoms with Gasteiger partial charge in [-0.05, 0) is 19.3 Å². The molecular weight excluding hydrogens is 278 g/mol. The second-order valence-electron chi connectivity index (χ2n) is 5.00. The zero-order chi connectivity index (χ0) is 15.2. The molecule has 0 amide bonds. The smallest absolute Gasteiger partial charge is 0.243 e. The number of sulfonamides is 1. The number of aliphatic hydroxyl groups excluding tert-OH is 1. The predicted molar refractivity (Wildman–Crippen MR) is 77.8 cm³/mol. The fraction of sp³-hybridized carbons (Fsp3) is 0.769. The van der Waals surface area contributed by atoms with Crippen LogP contribution >= 0.6 is 0 Å². The minimum Gasteiger partial charge on any atom is -0.396 e. The summed E-state index contributed by atoms with van der Waals surface area (Å²) in [4.78, 5) is 0.174. The molecule has 0 aliphatic carbocycles. The molecule has 1 aromatic rings. The van der Waals surface area contributed by atoms with E-state index in [0.717, 1.165) is 12.8 Å². The molecule has 1 unspecified atom stereocenters. The molecule has 0 saturated carbocycles. The highest BCUT2D eigenvalue weighted by molar-refractivity contribution is 7.89. The van der Waals surface area contributed by atoms with Crippen LogP contribution in [0.1, 0.15) is 40.0 Å². The summed E-state index contributed by atoms with van der Waals surface area (Å²) in [5.74, 6) is 0.328. The second kappa shape index (κ2) is 7.75. The van der Waals surface area contributed by atoms with Gasteiger partial charge in [-0.1, -0.05) is 26.7 Å². The van der Waals surface area contributed by atoms with Crippen LogP contribution in [-0.2, 0) is 16.6 Å². The Hall–Kier alpha value is -0.920. The summed E-state index contributed by atoms with van der Waals surface area (Å²) < 4.78 is 28.8. The Labute approximate surface area is 121 Å². The quantitative estimate of drug-likeness (QED) is 0.721. The lowest BCUT2D eigenvalue weighted by Gasteiger charge is -2.21. The van der Waals surface area contributed by atoms with E-state index in [1.54, 1.807) is 0 Å². The van der Waals surface area contributed by atoms with Crippen LogP contribution in [0, 0.1) is 5.92 Å². The number of aryl methyl sites for hydroxylation is 1. The Morgan fingerprint density at radius 1 is 1.40 bits per heavy atom. The van der Waals surface area contributed by atoms with Crippen LogP contribution in [0.2, 0.25) is 0 Å². The fourth-order valence-corrected chi connectivity index (χ4v) is 3.51. The van der Waals surface area contributed by atoms with Crippen molar-refractivity contribution in [1.29, 1.82) is 0 Å². The van der Waals surface area contributed by atoms with Crippen LogP contribution in [0.15, 0.2) is 17.3 Å². The van der Waals surface area contributed by atoms with E-state index in [9.17, 15) is 8.42 Å². The summed E-state index contributed by atoms with van der Waals surface area (Å²) in [5.41, 5.74) is 0. The van der Waals surface area contributed by atoms with E-state index in [0.29, 0.717) is 18.9 Å². The molecule has 1 heterocycles. The zero-order valence-corrected chi connectivity index (χ0v) is 13.2. The SMILES string of the molecule is CCC(CC)C(C)NS(=O)(=O)c1cnn(CCCO)c1. The van der Waals surface area contributed by atoms with Gasteiger partial charge in [-0.25, -0.2) is 13.1 Å². The zero-order valence-electron chi connectivity index (χ0n) is 12.4. The van der Waals surface area contributed by atoms with Crippen molar-refractivity contribution >= 4 is 10.0 Å². The summed E-state index contributed by atoms with van der Waals surface area (Å²) in [6.07, 6.45) is 5.28. The van der Waals surface area contributed by atoms with Crippen molar-refractivity contribution in [2.24, 2.45) is 5.92 Å². The van der Waals surface area contributed by atoms with Gasteiger partial charge in [0.05, 0.1) is 6.20 Å². The summed E-state index contributed by atoms with van der Waals surface area (Å²) in [5, 5.41) is 12.8. The maximum Gasteiger partial charge on any atom is 0.243 e. The minimum atomic E-state index is -3.52. The van der Waals surface area contributed by atoms with Crippen LogP contribution in [0.4, 0.5) is 0 Å². The number of hydrogen-bond donors (Lipinski definition) is 2. The van der Waals surface area contributed by atoms with Crippen LogP contribution in [0.25, 0.3) is 0 Å². The van der Waals surface area contributed by atoms with E-state index in [1.165, 1.54) is 17.1 Å². The van der Waals surface area contributed by atoms with Gasteiger partial charge in [-0.2, -0.15) is 5.10 Å². The van der Waals surface area contributed by atoms with E-state index in [2.05, 4.69) is 23.7 Å². The van der Waals surface area contributed by atoms with Gasteiger partial charge in [0.15, 0.2) is 0 Å². The van der Waals surface area contributed by atoms with Crippen molar-refractivity contribution in [3.05, 3.63) is 12.4 Å². The van der Waals surface area contributed by atoms with Gasteiger partial charge in [-0.3, -0.25) is 4.68 Å². The molecule has 116 valence electrons. The van der Waals surface area contributed by atoms with Crippen LogP contribution in [0.3, 0.4) is 0 Å². The average Bonchev–Trinajstić information content (AvgIpc) is 2.86. The molecule has 7 heteroatoms. The molecule has 1 aromatic heterocycles. The first-order valence-electron chi connectivity index (χ1n) is 7.10. The Balaban J connectivity index is 2.75. The molecule has 0 aliphatic heterocycles. The van der Waals surface area contributed by atoms with Crippen molar-refractivity contribution in [2.45, 2.75) is 57.5 Å². The number of nitrogens with one attached hydrogen (secondary N) is 1. The van der Waals surface area contributed by atoms with Gasteiger partial charge in [0.1, 0.15) is 4.90 Å². The van der Waals surface area contributed by atoms with Gasteiger partial charge in [0.2, 0.25) is 10.0 Å². The Kier molecular flexibility index (Phi) is 6.64. The highest BCUT2D eigenvalue weighted by atomic mass is 32.2. The van der Waals surface area contributed by atoms with Crippen molar-refractivity contribution in [3.8, 4) is 0 Å². The van der Waals surface area contributed by atoms with Crippen molar-refractivity contribution in [3.63, 3.8) is 0 Å². The van der Waals surface area contributed by atoms with Crippen LogP contribution in [0.5, 0.6) is 0 Å². The molecule has 0 aliphatic rings. The first-order chi connectivity index (χ1) is 9.44. The van der Waals surface area contributed by atoms with Crippen molar-refractivity contribution < 1.29 is 13.5 Å². The molecule has 0 fully saturated rings. The highest BCUT2D eigenvalue weighted by Gasteiger charge is 2.23. The highest BCUT2D eigenvalue weighted by Crippen LogP contribution is 2.16. The monoisotopic (exact) mass is 303 g/mol. The van der Waals surface area contributed by atoms with E-state index >= 15 is 0 Å². The molecule has 1 atom stereocenters. The lowest BCUT2D eigenvalue weighted by molar-refractivity contribution is 0.277. The number of rotatable bonds is 9. The standard InChI is InChI=1S/C13H25N3O3S/c1-4-12(5-2)11(3)15-20(18,19)13-9-14-16(10-13)7-6-8-17/h9-12,15,17H,4-8H2,1-3H3. The van der Waals surface area contributed by atoms with Crippen molar-refractivity contribution in [2.75, 3.05) is 6.61 Å². The number of aromatic nitrogens is 2. The molecule has 0 spiro atoms. The van der Waals surface area contributed by atoms with E-state index in [-0.39, 0.29) is 17.5 Å². The third-order valence-corrected chi connectivity index (χ3v) is 5.08. The predicted octanol–water partition coefficient (Wildman–Crippen LogP) is 1.37. The molecule has 0 radical (unpaired) electrons. The summed E-state index contributed by atoms with van der Waals surface area (Å²) in [6, 6.07) is -0.101. The van der Waals surface area contributed by atoms with E-state index in [1.807, 2.05) is 6.92 Å². The first kappa shape index (κ1) is 17.1. The molecule has 6 nitrogen and oxygen atoms in total. The summed E-state index contributed by atoms with van der Waals surface area (Å²) in [7, 11) is -3.52. The number of nitrogens with zero attached hydrogens (tertiary/aromatic N) is 2. The fourth-order valence-electron chi connectivity index (χ4n) is 2.24. The van der Waals surface area contributed by atoms with Crippen LogP contribution in [-0.4, -0.2) is 36.0 Å². The van der Waals surface area contributed by atoms with Crippen LogP contribution < -0.4 is 4.72 Å². The minimum absolute atomic E-state index is 0.0614.